The van der Waals surface area contributed by atoms with Crippen LogP contribution >= 0.6 is 11.6 Å². The molecule has 1 aliphatic rings. The fourth-order valence-electron chi connectivity index (χ4n) is 2.98. The second-order valence-electron chi connectivity index (χ2n) is 6.40. The lowest BCUT2D eigenvalue weighted by Crippen LogP contribution is -2.50. The molecule has 1 aliphatic heterocycles. The van der Waals surface area contributed by atoms with Gasteiger partial charge in [-0.25, -0.2) is 0 Å². The summed E-state index contributed by atoms with van der Waals surface area (Å²) in [7, 11) is 0. The van der Waals surface area contributed by atoms with Crippen molar-refractivity contribution in [3.63, 3.8) is 0 Å². The summed E-state index contributed by atoms with van der Waals surface area (Å²) >= 11 is 6.00. The van der Waals surface area contributed by atoms with E-state index in [1.807, 2.05) is 23.1 Å². The molecule has 1 N–H and O–H groups in total. The maximum absolute atomic E-state index is 12.4. The summed E-state index contributed by atoms with van der Waals surface area (Å²) in [5.41, 5.74) is 0.846. The molecule has 0 aromatic heterocycles. The number of non-ortho nitro benzene ring substituents is 1. The minimum Gasteiger partial charge on any atom is -0.336 e. The lowest BCUT2D eigenvalue weighted by molar-refractivity contribution is -0.384. The third-order valence-corrected chi connectivity index (χ3v) is 4.80. The number of hydrogen-bond donors (Lipinski definition) is 1. The van der Waals surface area contributed by atoms with E-state index in [-0.39, 0.29) is 29.1 Å². The van der Waals surface area contributed by atoms with E-state index < -0.39 is 4.92 Å². The number of halogens is 1. The van der Waals surface area contributed by atoms with Crippen molar-refractivity contribution < 1.29 is 14.5 Å². The molecule has 1 saturated heterocycles. The highest BCUT2D eigenvalue weighted by molar-refractivity contribution is 6.34. The molecule has 0 atom stereocenters. The summed E-state index contributed by atoms with van der Waals surface area (Å²) in [6.07, 6.45) is 0. The largest absolute Gasteiger partial charge is 0.336 e. The number of rotatable bonds is 5. The molecule has 0 bridgehead atoms. The van der Waals surface area contributed by atoms with E-state index in [4.69, 9.17) is 11.6 Å². The van der Waals surface area contributed by atoms with Crippen molar-refractivity contribution in [3.8, 4) is 0 Å². The van der Waals surface area contributed by atoms with E-state index in [2.05, 4.69) is 5.32 Å². The minimum absolute atomic E-state index is 0.0117. The van der Waals surface area contributed by atoms with E-state index >= 15 is 0 Å². The van der Waals surface area contributed by atoms with Crippen LogP contribution in [0.25, 0.3) is 0 Å². The van der Waals surface area contributed by atoms with Crippen LogP contribution in [0.2, 0.25) is 5.02 Å². The van der Waals surface area contributed by atoms with E-state index in [0.717, 1.165) is 0 Å². The van der Waals surface area contributed by atoms with Gasteiger partial charge in [-0.05, 0) is 18.2 Å². The average molecular weight is 403 g/mol. The number of nitrogens with one attached hydrogen (secondary N) is 1. The van der Waals surface area contributed by atoms with Gasteiger partial charge < -0.3 is 10.2 Å². The lowest BCUT2D eigenvalue weighted by atomic mass is 10.2. The number of carbonyl (C=O) groups is 2. The molecule has 1 heterocycles. The average Bonchev–Trinajstić information content (AvgIpc) is 2.70. The molecule has 8 nitrogen and oxygen atoms in total. The van der Waals surface area contributed by atoms with Crippen LogP contribution in [0.5, 0.6) is 0 Å². The number of benzene rings is 2. The molecule has 0 saturated carbocycles. The summed E-state index contributed by atoms with van der Waals surface area (Å²) < 4.78 is 0. The molecular weight excluding hydrogens is 384 g/mol. The van der Waals surface area contributed by atoms with Gasteiger partial charge >= 0.3 is 0 Å². The minimum atomic E-state index is -0.548. The Labute approximate surface area is 166 Å². The monoisotopic (exact) mass is 402 g/mol. The van der Waals surface area contributed by atoms with Crippen LogP contribution < -0.4 is 5.32 Å². The fourth-order valence-corrected chi connectivity index (χ4v) is 3.21. The summed E-state index contributed by atoms with van der Waals surface area (Å²) in [6, 6.07) is 13.0. The van der Waals surface area contributed by atoms with Crippen molar-refractivity contribution >= 4 is 34.8 Å². The van der Waals surface area contributed by atoms with E-state index in [1.165, 1.54) is 18.2 Å². The van der Waals surface area contributed by atoms with Crippen LogP contribution in [0.3, 0.4) is 0 Å². The second kappa shape index (κ2) is 8.81. The SMILES string of the molecule is O=C(CN1CCN(C(=O)c2ccccc2)CC1)Nc1ccc([N+](=O)[O-])cc1Cl. The van der Waals surface area contributed by atoms with Crippen molar-refractivity contribution in [1.29, 1.82) is 0 Å². The summed E-state index contributed by atoms with van der Waals surface area (Å²) in [5, 5.41) is 13.5. The molecule has 0 aliphatic carbocycles. The Kier molecular flexibility index (Phi) is 6.23. The van der Waals surface area contributed by atoms with Gasteiger partial charge in [-0.1, -0.05) is 29.8 Å². The lowest BCUT2D eigenvalue weighted by Gasteiger charge is -2.34. The molecule has 9 heteroatoms. The zero-order valence-electron chi connectivity index (χ0n) is 15.0. The first-order valence-electron chi connectivity index (χ1n) is 8.74. The number of piperazine rings is 1. The van der Waals surface area contributed by atoms with E-state index in [0.29, 0.717) is 37.4 Å². The van der Waals surface area contributed by atoms with Crippen LogP contribution in [0.15, 0.2) is 48.5 Å². The maximum atomic E-state index is 12.4. The Balaban J connectivity index is 1.50. The van der Waals surface area contributed by atoms with Crippen molar-refractivity contribution in [3.05, 3.63) is 69.2 Å². The van der Waals surface area contributed by atoms with Gasteiger partial charge in [0.05, 0.1) is 22.2 Å². The molecule has 0 unspecified atom stereocenters. The first-order chi connectivity index (χ1) is 13.4. The fraction of sp³-hybridized carbons (Fsp3) is 0.263. The molecule has 1 fully saturated rings. The third-order valence-electron chi connectivity index (χ3n) is 4.49. The van der Waals surface area contributed by atoms with Gasteiger partial charge in [0.2, 0.25) is 5.91 Å². The molecule has 146 valence electrons. The molecule has 2 aromatic rings. The Bertz CT molecular complexity index is 883. The van der Waals surface area contributed by atoms with Crippen LogP contribution in [-0.4, -0.2) is 59.3 Å². The number of nitrogens with zero attached hydrogens (tertiary/aromatic N) is 3. The molecular formula is C19H19ClN4O4. The Morgan fingerprint density at radius 2 is 1.75 bits per heavy atom. The van der Waals surface area contributed by atoms with E-state index in [9.17, 15) is 19.7 Å². The topological polar surface area (TPSA) is 95.8 Å². The van der Waals surface area contributed by atoms with Gasteiger partial charge in [0.25, 0.3) is 11.6 Å². The number of anilines is 1. The highest BCUT2D eigenvalue weighted by Gasteiger charge is 2.23. The smallest absolute Gasteiger partial charge is 0.271 e. The van der Waals surface area contributed by atoms with Gasteiger partial charge in [-0.3, -0.25) is 24.6 Å². The Hall–Kier alpha value is -2.97. The van der Waals surface area contributed by atoms with E-state index in [1.54, 1.807) is 17.0 Å². The molecule has 28 heavy (non-hydrogen) atoms. The molecule has 0 spiro atoms. The predicted octanol–water partition coefficient (Wildman–Crippen LogP) is 2.64. The summed E-state index contributed by atoms with van der Waals surface area (Å²) in [4.78, 5) is 38.6. The van der Waals surface area contributed by atoms with Crippen LogP contribution in [0.4, 0.5) is 11.4 Å². The van der Waals surface area contributed by atoms with Crippen molar-refractivity contribution in [2.75, 3.05) is 38.0 Å². The normalized spacial score (nSPS) is 14.5. The highest BCUT2D eigenvalue weighted by Crippen LogP contribution is 2.26. The third kappa shape index (κ3) is 4.85. The van der Waals surface area contributed by atoms with Crippen molar-refractivity contribution in [1.82, 2.24) is 9.80 Å². The Morgan fingerprint density at radius 3 is 2.36 bits per heavy atom. The predicted molar refractivity (Wildman–Crippen MR) is 106 cm³/mol. The summed E-state index contributed by atoms with van der Waals surface area (Å²) in [5.74, 6) is -0.277. The first-order valence-corrected chi connectivity index (χ1v) is 9.12. The van der Waals surface area contributed by atoms with Gasteiger partial charge in [-0.2, -0.15) is 0 Å². The molecule has 0 radical (unpaired) electrons. The number of hydrogen-bond acceptors (Lipinski definition) is 5. The van der Waals surface area contributed by atoms with Crippen LogP contribution in [-0.2, 0) is 4.79 Å². The van der Waals surface area contributed by atoms with Gasteiger partial charge in [0.15, 0.2) is 0 Å². The number of nitro groups is 1. The highest BCUT2D eigenvalue weighted by atomic mass is 35.5. The summed E-state index contributed by atoms with van der Waals surface area (Å²) in [6.45, 7) is 2.40. The van der Waals surface area contributed by atoms with Gasteiger partial charge in [0.1, 0.15) is 0 Å². The van der Waals surface area contributed by atoms with Crippen molar-refractivity contribution in [2.24, 2.45) is 0 Å². The molecule has 2 amide bonds. The Morgan fingerprint density at radius 1 is 1.07 bits per heavy atom. The molecule has 3 rings (SSSR count). The quantitative estimate of drug-likeness (QED) is 0.612. The first kappa shape index (κ1) is 19.8. The zero-order chi connectivity index (χ0) is 20.1. The zero-order valence-corrected chi connectivity index (χ0v) is 15.8. The van der Waals surface area contributed by atoms with Crippen LogP contribution in [0, 0.1) is 10.1 Å². The van der Waals surface area contributed by atoms with Gasteiger partial charge in [0, 0.05) is 43.9 Å². The van der Waals surface area contributed by atoms with Crippen LogP contribution in [0.1, 0.15) is 10.4 Å². The van der Waals surface area contributed by atoms with Crippen molar-refractivity contribution in [2.45, 2.75) is 0 Å². The number of carbonyl (C=O) groups excluding carboxylic acids is 2. The number of amides is 2. The maximum Gasteiger partial charge on any atom is 0.271 e. The van der Waals surface area contributed by atoms with Gasteiger partial charge in [-0.15, -0.1) is 0 Å². The second-order valence-corrected chi connectivity index (χ2v) is 6.81. The number of nitro benzene ring substituents is 1. The standard InChI is InChI=1S/C19H19ClN4O4/c20-16-12-15(24(27)28)6-7-17(16)21-18(25)13-22-8-10-23(11-9-22)19(26)14-4-2-1-3-5-14/h1-7,12H,8-11,13H2,(H,21,25). The molecule has 2 aromatic carbocycles.